The molecule has 2 rings (SSSR count). The molecule has 0 radical (unpaired) electrons. The van der Waals surface area contributed by atoms with Gasteiger partial charge >= 0.3 is 0 Å². The molecule has 3 atom stereocenters. The minimum Gasteiger partial charge on any atom is -0.308 e. The van der Waals surface area contributed by atoms with E-state index in [0.29, 0.717) is 13.0 Å². The lowest BCUT2D eigenvalue weighted by Crippen LogP contribution is -2.50. The summed E-state index contributed by atoms with van der Waals surface area (Å²) in [4.78, 5) is 0. The van der Waals surface area contributed by atoms with Crippen molar-refractivity contribution in [3.63, 3.8) is 0 Å². The van der Waals surface area contributed by atoms with E-state index in [1.165, 1.54) is 0 Å². The molecular weight excluding hydrogens is 234 g/mol. The Morgan fingerprint density at radius 2 is 1.94 bits per heavy atom. The highest BCUT2D eigenvalue weighted by atomic mass is 32.2. The predicted molar refractivity (Wildman–Crippen MR) is 69.6 cm³/mol. The molecule has 94 valence electrons. The highest BCUT2D eigenvalue weighted by molar-refractivity contribution is 7.92. The molecule has 1 fully saturated rings. The normalized spacial score (nSPS) is 32.2. The molecule has 0 spiro atoms. The van der Waals surface area contributed by atoms with Gasteiger partial charge in [-0.05, 0) is 18.9 Å². The van der Waals surface area contributed by atoms with Crippen LogP contribution in [0, 0.1) is 0 Å². The third kappa shape index (κ3) is 2.24. The molecule has 0 aliphatic carbocycles. The number of rotatable bonds is 2. The highest BCUT2D eigenvalue weighted by Crippen LogP contribution is 2.30. The fourth-order valence-electron chi connectivity index (χ4n) is 2.49. The summed E-state index contributed by atoms with van der Waals surface area (Å²) in [5.74, 6) is 0. The second-order valence-corrected chi connectivity index (χ2v) is 7.23. The zero-order valence-electron chi connectivity index (χ0n) is 10.3. The van der Waals surface area contributed by atoms with Crippen molar-refractivity contribution >= 4 is 9.84 Å². The summed E-state index contributed by atoms with van der Waals surface area (Å²) in [5, 5.41) is 2.77. The van der Waals surface area contributed by atoms with Gasteiger partial charge in [0.25, 0.3) is 0 Å². The van der Waals surface area contributed by atoms with Gasteiger partial charge in [0.15, 0.2) is 9.84 Å². The van der Waals surface area contributed by atoms with Crippen molar-refractivity contribution in [2.45, 2.75) is 36.8 Å². The van der Waals surface area contributed by atoms with Gasteiger partial charge in [0.05, 0.1) is 10.5 Å². The Bertz CT molecular complexity index is 469. The van der Waals surface area contributed by atoms with E-state index >= 15 is 0 Å². The van der Waals surface area contributed by atoms with Crippen molar-refractivity contribution in [1.82, 2.24) is 5.32 Å². The van der Waals surface area contributed by atoms with E-state index in [0.717, 1.165) is 5.56 Å². The molecule has 1 saturated heterocycles. The maximum absolute atomic E-state index is 12.3. The van der Waals surface area contributed by atoms with Crippen molar-refractivity contribution in [2.75, 3.05) is 6.54 Å². The zero-order chi connectivity index (χ0) is 12.5. The lowest BCUT2D eigenvalue weighted by atomic mass is 10.0. The summed E-state index contributed by atoms with van der Waals surface area (Å²) in [6.45, 7) is 4.27. The first-order chi connectivity index (χ1) is 8.07. The monoisotopic (exact) mass is 253 g/mol. The molecule has 3 nitrogen and oxygen atoms in total. The quantitative estimate of drug-likeness (QED) is 0.876. The molecule has 1 N–H and O–H groups in total. The third-order valence-electron chi connectivity index (χ3n) is 3.54. The van der Waals surface area contributed by atoms with E-state index in [9.17, 15) is 8.42 Å². The maximum atomic E-state index is 12.3. The molecule has 1 aromatic rings. The van der Waals surface area contributed by atoms with Gasteiger partial charge < -0.3 is 5.32 Å². The van der Waals surface area contributed by atoms with Gasteiger partial charge in [-0.15, -0.1) is 0 Å². The minimum atomic E-state index is -3.01. The van der Waals surface area contributed by atoms with Gasteiger partial charge in [0.1, 0.15) is 0 Å². The van der Waals surface area contributed by atoms with E-state index in [4.69, 9.17) is 0 Å². The number of sulfone groups is 1. The summed E-state index contributed by atoms with van der Waals surface area (Å²) in [6, 6.07) is 9.77. The molecule has 0 amide bonds. The predicted octanol–water partition coefficient (Wildman–Crippen LogP) is 1.91. The number of nitrogens with one attached hydrogen (secondary N) is 1. The smallest absolute Gasteiger partial charge is 0.158 e. The highest BCUT2D eigenvalue weighted by Gasteiger charge is 2.40. The van der Waals surface area contributed by atoms with Crippen molar-refractivity contribution in [3.8, 4) is 0 Å². The number of hydrogen-bond donors (Lipinski definition) is 1. The first kappa shape index (κ1) is 12.6. The van der Waals surface area contributed by atoms with Crippen LogP contribution in [0.25, 0.3) is 0 Å². The van der Waals surface area contributed by atoms with Crippen LogP contribution in [0.1, 0.15) is 31.9 Å². The maximum Gasteiger partial charge on any atom is 0.158 e. The van der Waals surface area contributed by atoms with Crippen LogP contribution in [0.3, 0.4) is 0 Å². The van der Waals surface area contributed by atoms with E-state index < -0.39 is 9.84 Å². The zero-order valence-corrected chi connectivity index (χ0v) is 11.1. The van der Waals surface area contributed by atoms with Gasteiger partial charge in [-0.3, -0.25) is 0 Å². The first-order valence-electron chi connectivity index (χ1n) is 6.08. The van der Waals surface area contributed by atoms with E-state index in [2.05, 4.69) is 5.32 Å². The van der Waals surface area contributed by atoms with Gasteiger partial charge in [0, 0.05) is 12.6 Å². The first-order valence-corrected chi connectivity index (χ1v) is 7.69. The largest absolute Gasteiger partial charge is 0.308 e. The average Bonchev–Trinajstić information content (AvgIpc) is 2.33. The Labute approximate surface area is 103 Å². The summed E-state index contributed by atoms with van der Waals surface area (Å²) in [5.41, 5.74) is 1.06. The molecule has 3 unspecified atom stereocenters. The average molecular weight is 253 g/mol. The van der Waals surface area contributed by atoms with Crippen LogP contribution >= 0.6 is 0 Å². The van der Waals surface area contributed by atoms with Crippen molar-refractivity contribution in [1.29, 1.82) is 0 Å². The third-order valence-corrected chi connectivity index (χ3v) is 6.28. The van der Waals surface area contributed by atoms with E-state index in [1.54, 1.807) is 6.92 Å². The Morgan fingerprint density at radius 3 is 2.53 bits per heavy atom. The second kappa shape index (κ2) is 4.78. The molecule has 1 aliphatic rings. The van der Waals surface area contributed by atoms with Gasteiger partial charge in [0.2, 0.25) is 0 Å². The fourth-order valence-corrected chi connectivity index (χ4v) is 4.51. The molecular formula is C13H19NO2S. The van der Waals surface area contributed by atoms with E-state index in [1.807, 2.05) is 37.3 Å². The lowest BCUT2D eigenvalue weighted by molar-refractivity contribution is 0.439. The van der Waals surface area contributed by atoms with Crippen LogP contribution in [0.15, 0.2) is 30.3 Å². The minimum absolute atomic E-state index is 0.0672. The van der Waals surface area contributed by atoms with Gasteiger partial charge in [-0.25, -0.2) is 8.42 Å². The van der Waals surface area contributed by atoms with Crippen molar-refractivity contribution in [2.24, 2.45) is 0 Å². The van der Waals surface area contributed by atoms with Crippen molar-refractivity contribution in [3.05, 3.63) is 35.9 Å². The Kier molecular flexibility index (Phi) is 3.54. The van der Waals surface area contributed by atoms with Crippen LogP contribution in [-0.2, 0) is 9.84 Å². The molecule has 1 aromatic carbocycles. The molecule has 4 heteroatoms. The summed E-state index contributed by atoms with van der Waals surface area (Å²) >= 11 is 0. The molecule has 17 heavy (non-hydrogen) atoms. The summed E-state index contributed by atoms with van der Waals surface area (Å²) in [6.07, 6.45) is 0.652. The molecule has 0 saturated carbocycles. The van der Waals surface area contributed by atoms with Crippen molar-refractivity contribution < 1.29 is 8.42 Å². The van der Waals surface area contributed by atoms with Gasteiger partial charge in [-0.1, -0.05) is 37.3 Å². The summed E-state index contributed by atoms with van der Waals surface area (Å²) in [7, 11) is -3.01. The van der Waals surface area contributed by atoms with Crippen LogP contribution < -0.4 is 5.32 Å². The number of hydrogen-bond acceptors (Lipinski definition) is 3. The van der Waals surface area contributed by atoms with E-state index in [-0.39, 0.29) is 16.5 Å². The molecule has 1 heterocycles. The fraction of sp³-hybridized carbons (Fsp3) is 0.538. The second-order valence-electron chi connectivity index (χ2n) is 4.64. The number of benzene rings is 1. The molecule has 1 aliphatic heterocycles. The topological polar surface area (TPSA) is 46.2 Å². The van der Waals surface area contributed by atoms with Gasteiger partial charge in [-0.2, -0.15) is 0 Å². The molecule has 0 bridgehead atoms. The standard InChI is InChI=1S/C13H19NO2S/c1-3-12-13(11-7-5-4-6-8-11)14-9-10(2)17(12,15)16/h4-8,10,12-14H,3,9H2,1-2H3. The van der Waals surface area contributed by atoms with Crippen LogP contribution in [0.5, 0.6) is 0 Å². The van der Waals surface area contributed by atoms with Crippen LogP contribution in [0.2, 0.25) is 0 Å². The van der Waals surface area contributed by atoms with Crippen LogP contribution in [0.4, 0.5) is 0 Å². The van der Waals surface area contributed by atoms with Crippen LogP contribution in [-0.4, -0.2) is 25.5 Å². The Balaban J connectivity index is 2.36. The Hall–Kier alpha value is -0.870. The summed E-state index contributed by atoms with van der Waals surface area (Å²) < 4.78 is 24.6. The lowest BCUT2D eigenvalue weighted by Gasteiger charge is -2.35. The molecule has 0 aromatic heterocycles. The Morgan fingerprint density at radius 1 is 1.29 bits per heavy atom. The SMILES string of the molecule is CCC1C(c2ccccc2)NCC(C)S1(=O)=O.